The lowest BCUT2D eigenvalue weighted by Crippen LogP contribution is -2.08. The van der Waals surface area contributed by atoms with E-state index in [0.717, 1.165) is 0 Å². The zero-order valence-electron chi connectivity index (χ0n) is 11.8. The average Bonchev–Trinajstić information content (AvgIpc) is 2.50. The normalized spacial score (nSPS) is 11.6. The molecule has 3 N–H and O–H groups in total. The van der Waals surface area contributed by atoms with Gasteiger partial charge in [-0.1, -0.05) is 24.3 Å². The second kappa shape index (κ2) is 6.98. The van der Waals surface area contributed by atoms with Crippen molar-refractivity contribution in [1.82, 2.24) is 0 Å². The summed E-state index contributed by atoms with van der Waals surface area (Å²) in [5, 5.41) is 30.5. The summed E-state index contributed by atoms with van der Waals surface area (Å²) in [5.41, 5.74) is 3.10. The molecule has 0 fully saturated rings. The molecule has 0 saturated heterocycles. The van der Waals surface area contributed by atoms with Crippen LogP contribution in [0.3, 0.4) is 0 Å². The van der Waals surface area contributed by atoms with Gasteiger partial charge in [0.05, 0.1) is 5.69 Å². The molecule has 0 atom stereocenters. The molecular weight excluding hydrogens is 284 g/mol. The van der Waals surface area contributed by atoms with Crippen molar-refractivity contribution in [3.63, 3.8) is 0 Å². The topological polar surface area (TPSA) is 107 Å². The van der Waals surface area contributed by atoms with Gasteiger partial charge < -0.3 is 10.2 Å². The molecule has 2 aromatic rings. The van der Waals surface area contributed by atoms with Crippen molar-refractivity contribution >= 4 is 23.0 Å². The second-order valence-corrected chi connectivity index (χ2v) is 4.31. The zero-order chi connectivity index (χ0) is 15.9. The van der Waals surface area contributed by atoms with Gasteiger partial charge in [0.15, 0.2) is 0 Å². The highest BCUT2D eigenvalue weighted by molar-refractivity contribution is 6.38. The van der Waals surface area contributed by atoms with Crippen LogP contribution in [0.2, 0.25) is 0 Å². The van der Waals surface area contributed by atoms with Gasteiger partial charge in [0, 0.05) is 6.92 Å². The fourth-order valence-electron chi connectivity index (χ4n) is 1.50. The van der Waals surface area contributed by atoms with Crippen molar-refractivity contribution in [2.24, 2.45) is 15.3 Å². The Morgan fingerprint density at radius 2 is 1.64 bits per heavy atom. The predicted molar refractivity (Wildman–Crippen MR) is 82.5 cm³/mol. The number of para-hydroxylation sites is 3. The molecule has 0 saturated carbocycles. The number of carbonyl (C=O) groups excluding carboxylic acids is 1. The third-order valence-electron chi connectivity index (χ3n) is 2.64. The molecule has 0 aliphatic heterocycles. The number of azo groups is 1. The first kappa shape index (κ1) is 15.2. The van der Waals surface area contributed by atoms with Crippen LogP contribution in [0.25, 0.3) is 0 Å². The van der Waals surface area contributed by atoms with Crippen molar-refractivity contribution in [1.29, 1.82) is 0 Å². The number of carbonyl (C=O) groups is 1. The Hall–Kier alpha value is -3.22. The SMILES string of the molecule is CC(=O)C(N=Nc1ccccc1O)=NNc1ccccc1O. The summed E-state index contributed by atoms with van der Waals surface area (Å²) in [6, 6.07) is 12.8. The molecular formula is C15H14N4O3. The summed E-state index contributed by atoms with van der Waals surface area (Å²) in [7, 11) is 0. The van der Waals surface area contributed by atoms with Crippen LogP contribution in [0, 0.1) is 0 Å². The van der Waals surface area contributed by atoms with Crippen LogP contribution in [0.1, 0.15) is 6.92 Å². The summed E-state index contributed by atoms with van der Waals surface area (Å²) >= 11 is 0. The van der Waals surface area contributed by atoms with E-state index in [-0.39, 0.29) is 23.0 Å². The number of anilines is 1. The number of phenols is 2. The van der Waals surface area contributed by atoms with Crippen LogP contribution >= 0.6 is 0 Å². The molecule has 0 bridgehead atoms. The third-order valence-corrected chi connectivity index (χ3v) is 2.64. The van der Waals surface area contributed by atoms with Gasteiger partial charge in [-0.2, -0.15) is 0 Å². The van der Waals surface area contributed by atoms with Crippen LogP contribution in [-0.2, 0) is 4.79 Å². The Kier molecular flexibility index (Phi) is 4.81. The molecule has 22 heavy (non-hydrogen) atoms. The maximum Gasteiger partial charge on any atom is 0.236 e. The highest BCUT2D eigenvalue weighted by Crippen LogP contribution is 2.25. The first-order chi connectivity index (χ1) is 10.6. The van der Waals surface area contributed by atoms with E-state index in [9.17, 15) is 15.0 Å². The molecule has 0 aliphatic rings. The molecule has 0 heterocycles. The van der Waals surface area contributed by atoms with Crippen LogP contribution in [0.4, 0.5) is 11.4 Å². The molecule has 7 nitrogen and oxygen atoms in total. The van der Waals surface area contributed by atoms with Crippen molar-refractivity contribution < 1.29 is 15.0 Å². The summed E-state index contributed by atoms with van der Waals surface area (Å²) < 4.78 is 0. The molecule has 2 rings (SSSR count). The highest BCUT2D eigenvalue weighted by atomic mass is 16.3. The van der Waals surface area contributed by atoms with E-state index in [4.69, 9.17) is 0 Å². The Bertz CT molecular complexity index is 741. The maximum absolute atomic E-state index is 11.5. The minimum atomic E-state index is -0.415. The van der Waals surface area contributed by atoms with E-state index in [0.29, 0.717) is 5.69 Å². The van der Waals surface area contributed by atoms with Gasteiger partial charge in [-0.25, -0.2) is 0 Å². The number of Topliss-reactive ketones (excluding diaryl/α,β-unsaturated/α-hetero) is 1. The Morgan fingerprint density at radius 1 is 1.00 bits per heavy atom. The van der Waals surface area contributed by atoms with Gasteiger partial charge >= 0.3 is 0 Å². The Morgan fingerprint density at radius 3 is 2.27 bits per heavy atom. The molecule has 0 radical (unpaired) electrons. The van der Waals surface area contributed by atoms with Gasteiger partial charge in [0.25, 0.3) is 0 Å². The minimum Gasteiger partial charge on any atom is -0.506 e. The maximum atomic E-state index is 11.5. The molecule has 0 aliphatic carbocycles. The predicted octanol–water partition coefficient (Wildman–Crippen LogP) is 3.20. The number of benzene rings is 2. The molecule has 0 aromatic heterocycles. The van der Waals surface area contributed by atoms with E-state index >= 15 is 0 Å². The molecule has 112 valence electrons. The van der Waals surface area contributed by atoms with Gasteiger partial charge in [-0.3, -0.25) is 10.2 Å². The van der Waals surface area contributed by atoms with E-state index in [1.807, 2.05) is 0 Å². The molecule has 0 amide bonds. The second-order valence-electron chi connectivity index (χ2n) is 4.31. The fourth-order valence-corrected chi connectivity index (χ4v) is 1.50. The number of nitrogens with zero attached hydrogens (tertiary/aromatic N) is 3. The molecule has 7 heteroatoms. The summed E-state index contributed by atoms with van der Waals surface area (Å²) in [6.45, 7) is 1.29. The lowest BCUT2D eigenvalue weighted by Gasteiger charge is -2.03. The number of rotatable bonds is 4. The van der Waals surface area contributed by atoms with Gasteiger partial charge in [-0.05, 0) is 24.3 Å². The number of amidine groups is 1. The van der Waals surface area contributed by atoms with E-state index in [1.165, 1.54) is 19.1 Å². The van der Waals surface area contributed by atoms with E-state index in [1.54, 1.807) is 36.4 Å². The summed E-state index contributed by atoms with van der Waals surface area (Å²) in [6.07, 6.45) is 0. The van der Waals surface area contributed by atoms with Crippen LogP contribution in [-0.4, -0.2) is 21.8 Å². The van der Waals surface area contributed by atoms with Crippen molar-refractivity contribution in [3.05, 3.63) is 48.5 Å². The lowest BCUT2D eigenvalue weighted by atomic mass is 10.3. The largest absolute Gasteiger partial charge is 0.506 e. The lowest BCUT2D eigenvalue weighted by molar-refractivity contribution is -0.111. The Balaban J connectivity index is 2.20. The number of aromatic hydroxyl groups is 2. The third kappa shape index (κ3) is 3.89. The van der Waals surface area contributed by atoms with Crippen molar-refractivity contribution in [2.45, 2.75) is 6.92 Å². The smallest absolute Gasteiger partial charge is 0.236 e. The number of hydrazone groups is 1. The number of hydrogen-bond donors (Lipinski definition) is 3. The first-order valence-corrected chi connectivity index (χ1v) is 6.40. The minimum absolute atomic E-state index is 0.00760. The molecule has 0 unspecified atom stereocenters. The fraction of sp³-hybridized carbons (Fsp3) is 0.0667. The van der Waals surface area contributed by atoms with Gasteiger partial charge in [0.1, 0.15) is 17.2 Å². The van der Waals surface area contributed by atoms with Crippen molar-refractivity contribution in [2.75, 3.05) is 5.43 Å². The van der Waals surface area contributed by atoms with Gasteiger partial charge in [0.2, 0.25) is 11.6 Å². The highest BCUT2D eigenvalue weighted by Gasteiger charge is 2.06. The average molecular weight is 298 g/mol. The van der Waals surface area contributed by atoms with Crippen molar-refractivity contribution in [3.8, 4) is 11.5 Å². The summed E-state index contributed by atoms with van der Waals surface area (Å²) in [5.74, 6) is -0.664. The first-order valence-electron chi connectivity index (χ1n) is 6.40. The number of hydrogen-bond acceptors (Lipinski definition) is 6. The number of ketones is 1. The van der Waals surface area contributed by atoms with Crippen LogP contribution < -0.4 is 5.43 Å². The van der Waals surface area contributed by atoms with Crippen LogP contribution in [0.5, 0.6) is 11.5 Å². The zero-order valence-corrected chi connectivity index (χ0v) is 11.8. The quantitative estimate of drug-likeness (QED) is 0.265. The number of nitrogens with one attached hydrogen (secondary N) is 1. The monoisotopic (exact) mass is 298 g/mol. The molecule has 0 spiro atoms. The van der Waals surface area contributed by atoms with Gasteiger partial charge in [-0.15, -0.1) is 15.3 Å². The number of phenolic OH excluding ortho intramolecular Hbond substituents is 2. The summed E-state index contributed by atoms with van der Waals surface area (Å²) in [4.78, 5) is 11.5. The molecule has 2 aromatic carbocycles. The standard InChI is InChI=1S/C15H14N4O3/c1-10(20)15(18-16-11-6-2-4-8-13(11)21)19-17-12-7-3-5-9-14(12)22/h2-9,16,21-22H,1H3. The Labute approximate surface area is 126 Å². The van der Waals surface area contributed by atoms with E-state index in [2.05, 4.69) is 20.8 Å². The van der Waals surface area contributed by atoms with Crippen LogP contribution in [0.15, 0.2) is 63.9 Å². The van der Waals surface area contributed by atoms with E-state index < -0.39 is 5.78 Å².